The topological polar surface area (TPSA) is 16.1 Å². The van der Waals surface area contributed by atoms with Gasteiger partial charge in [0, 0.05) is 48.2 Å². The maximum Gasteiger partial charge on any atom is 0.124 e. The molecule has 0 radical (unpaired) electrons. The number of anilines is 3. The van der Waals surface area contributed by atoms with E-state index >= 15 is 0 Å². The van der Waals surface area contributed by atoms with E-state index in [9.17, 15) is 0 Å². The van der Waals surface area contributed by atoms with E-state index in [4.69, 9.17) is 4.98 Å². The van der Waals surface area contributed by atoms with Crippen molar-refractivity contribution in [1.29, 1.82) is 0 Å². The number of hydrogen-bond donors (Lipinski definition) is 0. The van der Waals surface area contributed by atoms with Gasteiger partial charge >= 0.3 is 0 Å². The molecule has 230 valence electrons. The van der Waals surface area contributed by atoms with Gasteiger partial charge in [0.25, 0.3) is 0 Å². The van der Waals surface area contributed by atoms with Crippen molar-refractivity contribution in [3.63, 3.8) is 0 Å². The van der Waals surface area contributed by atoms with Gasteiger partial charge < -0.3 is 4.90 Å². The lowest BCUT2D eigenvalue weighted by Crippen LogP contribution is -2.10. The average molecular weight is 661 g/mol. The molecule has 0 saturated carbocycles. The minimum atomic E-state index is 1.06. The zero-order valence-corrected chi connectivity index (χ0v) is 28.0. The van der Waals surface area contributed by atoms with Crippen LogP contribution >= 0.6 is 22.7 Å². The third kappa shape index (κ3) is 4.80. The highest BCUT2D eigenvalue weighted by Gasteiger charge is 2.17. The quantitative estimate of drug-likeness (QED) is 0.171. The summed E-state index contributed by atoms with van der Waals surface area (Å²) in [7, 11) is 0. The normalized spacial score (nSPS) is 11.7. The first-order chi connectivity index (χ1) is 24.3. The Bertz CT molecular complexity index is 2830. The fraction of sp³-hybridized carbons (Fsp3) is 0. The second-order valence-corrected chi connectivity index (χ2v) is 14.5. The van der Waals surface area contributed by atoms with Crippen molar-refractivity contribution in [2.45, 2.75) is 0 Å². The van der Waals surface area contributed by atoms with Crippen molar-refractivity contribution in [3.8, 4) is 21.7 Å². The number of hydrogen-bond acceptors (Lipinski definition) is 4. The SMILES string of the molecule is c1ccc(-c2cccc(N(c3ccc4c(ccc5c4ccc4sc(-c6ccccc6)nc45)c3)c3ccc4c(c3)sc3ccccc34)c2)cc1. The van der Waals surface area contributed by atoms with Gasteiger partial charge in [-0.2, -0.15) is 0 Å². The lowest BCUT2D eigenvalue weighted by Gasteiger charge is -2.26. The summed E-state index contributed by atoms with van der Waals surface area (Å²) in [6.07, 6.45) is 0. The zero-order chi connectivity index (χ0) is 32.3. The van der Waals surface area contributed by atoms with Gasteiger partial charge in [0.05, 0.1) is 10.2 Å². The summed E-state index contributed by atoms with van der Waals surface area (Å²) < 4.78 is 3.82. The summed E-state index contributed by atoms with van der Waals surface area (Å²) in [6.45, 7) is 0. The zero-order valence-electron chi connectivity index (χ0n) is 26.4. The molecule has 2 heterocycles. The van der Waals surface area contributed by atoms with Crippen molar-refractivity contribution < 1.29 is 0 Å². The number of thiazole rings is 1. The molecule has 0 saturated heterocycles. The van der Waals surface area contributed by atoms with E-state index in [1.54, 1.807) is 11.3 Å². The maximum atomic E-state index is 5.13. The Morgan fingerprint density at radius 3 is 1.88 bits per heavy atom. The molecule has 0 amide bonds. The van der Waals surface area contributed by atoms with Crippen molar-refractivity contribution in [1.82, 2.24) is 4.98 Å². The van der Waals surface area contributed by atoms with Crippen molar-refractivity contribution in [2.24, 2.45) is 0 Å². The number of fused-ring (bicyclic) bond motifs is 8. The van der Waals surface area contributed by atoms with Crippen LogP contribution in [0.4, 0.5) is 17.1 Å². The molecule has 2 nitrogen and oxygen atoms in total. The predicted octanol–water partition coefficient (Wildman–Crippen LogP) is 13.8. The van der Waals surface area contributed by atoms with Crippen LogP contribution in [0.15, 0.2) is 170 Å². The monoisotopic (exact) mass is 660 g/mol. The van der Waals surface area contributed by atoms with Crippen LogP contribution in [0.2, 0.25) is 0 Å². The minimum Gasteiger partial charge on any atom is -0.310 e. The predicted molar refractivity (Wildman–Crippen MR) is 213 cm³/mol. The molecule has 0 bridgehead atoms. The molecular formula is C45H28N2S2. The molecule has 0 atom stereocenters. The largest absolute Gasteiger partial charge is 0.310 e. The molecule has 0 N–H and O–H groups in total. The molecule has 49 heavy (non-hydrogen) atoms. The lowest BCUT2D eigenvalue weighted by atomic mass is 10.00. The van der Waals surface area contributed by atoms with Crippen LogP contribution in [0.5, 0.6) is 0 Å². The summed E-state index contributed by atoms with van der Waals surface area (Å²) in [5.41, 5.74) is 8.02. The fourth-order valence-corrected chi connectivity index (χ4v) is 9.25. The van der Waals surface area contributed by atoms with Crippen LogP contribution < -0.4 is 4.90 Å². The highest BCUT2D eigenvalue weighted by molar-refractivity contribution is 7.25. The van der Waals surface area contributed by atoms with Gasteiger partial charge in [-0.05, 0) is 75.8 Å². The highest BCUT2D eigenvalue weighted by atomic mass is 32.1. The van der Waals surface area contributed by atoms with Crippen LogP contribution in [0.25, 0.3) is 73.6 Å². The maximum absolute atomic E-state index is 5.13. The molecule has 8 aromatic carbocycles. The van der Waals surface area contributed by atoms with Crippen molar-refractivity contribution in [2.75, 3.05) is 4.90 Å². The van der Waals surface area contributed by atoms with Gasteiger partial charge in [0.15, 0.2) is 0 Å². The molecule has 0 fully saturated rings. The summed E-state index contributed by atoms with van der Waals surface area (Å²) in [5.74, 6) is 0. The average Bonchev–Trinajstić information content (AvgIpc) is 3.78. The molecule has 10 rings (SSSR count). The number of nitrogens with zero attached hydrogens (tertiary/aromatic N) is 2. The molecule has 0 aliphatic heterocycles. The molecule has 0 aliphatic carbocycles. The summed E-state index contributed by atoms with van der Waals surface area (Å²) in [4.78, 5) is 7.53. The van der Waals surface area contributed by atoms with E-state index in [1.165, 1.54) is 57.5 Å². The van der Waals surface area contributed by atoms with Gasteiger partial charge in [-0.15, -0.1) is 22.7 Å². The molecule has 0 aliphatic rings. The van der Waals surface area contributed by atoms with Gasteiger partial charge in [-0.3, -0.25) is 0 Å². The van der Waals surface area contributed by atoms with Gasteiger partial charge in [-0.25, -0.2) is 4.98 Å². The van der Waals surface area contributed by atoms with Crippen LogP contribution in [0, 0.1) is 0 Å². The second-order valence-electron chi connectivity index (χ2n) is 12.4. The smallest absolute Gasteiger partial charge is 0.124 e. The Morgan fingerprint density at radius 2 is 1.02 bits per heavy atom. The standard InChI is InChI=1S/C45H28N2S2/c1-3-10-29(11-4-1)31-14-9-15-33(26-31)47(35-20-23-39-38-16-7-8-17-41(38)48-43(39)28-35)34-19-22-36-32(27-34)18-21-40-37(36)24-25-42-44(40)46-45(49-42)30-12-5-2-6-13-30/h1-28H. The number of thiophene rings is 1. The van der Waals surface area contributed by atoms with E-state index in [-0.39, 0.29) is 0 Å². The van der Waals surface area contributed by atoms with Crippen molar-refractivity contribution >= 4 is 91.7 Å². The number of benzene rings is 8. The van der Waals surface area contributed by atoms with Gasteiger partial charge in [0.1, 0.15) is 5.01 Å². The Balaban J connectivity index is 1.14. The van der Waals surface area contributed by atoms with E-state index in [0.29, 0.717) is 0 Å². The molecular weight excluding hydrogens is 633 g/mol. The third-order valence-electron chi connectivity index (χ3n) is 9.47. The van der Waals surface area contributed by atoms with Gasteiger partial charge in [-0.1, -0.05) is 121 Å². The molecule has 10 aromatic rings. The van der Waals surface area contributed by atoms with Crippen LogP contribution in [0.1, 0.15) is 0 Å². The Hall–Kier alpha value is -5.81. The highest BCUT2D eigenvalue weighted by Crippen LogP contribution is 2.43. The molecule has 4 heteroatoms. The Labute approximate surface area is 291 Å². The van der Waals surface area contributed by atoms with Crippen LogP contribution in [-0.2, 0) is 0 Å². The summed E-state index contributed by atoms with van der Waals surface area (Å²) in [6, 6.07) is 61.5. The lowest BCUT2D eigenvalue weighted by molar-refractivity contribution is 1.30. The molecule has 0 spiro atoms. The van der Waals surface area contributed by atoms with Crippen LogP contribution in [0.3, 0.4) is 0 Å². The van der Waals surface area contributed by atoms with E-state index in [1.807, 2.05) is 11.3 Å². The Morgan fingerprint density at radius 1 is 0.367 bits per heavy atom. The first-order valence-electron chi connectivity index (χ1n) is 16.5. The summed E-state index contributed by atoms with van der Waals surface area (Å²) in [5, 5.41) is 8.53. The Kier molecular flexibility index (Phi) is 6.57. The van der Waals surface area contributed by atoms with E-state index in [0.717, 1.165) is 33.1 Å². The first kappa shape index (κ1) is 28.2. The fourth-order valence-electron chi connectivity index (χ4n) is 7.12. The van der Waals surface area contributed by atoms with E-state index in [2.05, 4.69) is 175 Å². The number of aromatic nitrogens is 1. The molecule has 0 unspecified atom stereocenters. The second kappa shape index (κ2) is 11.4. The van der Waals surface area contributed by atoms with Crippen molar-refractivity contribution in [3.05, 3.63) is 170 Å². The third-order valence-corrected chi connectivity index (χ3v) is 11.7. The molecule has 2 aromatic heterocycles. The van der Waals surface area contributed by atoms with Crippen LogP contribution in [-0.4, -0.2) is 4.98 Å². The first-order valence-corrected chi connectivity index (χ1v) is 18.1. The van der Waals surface area contributed by atoms with Gasteiger partial charge in [0.2, 0.25) is 0 Å². The van der Waals surface area contributed by atoms with E-state index < -0.39 is 0 Å². The summed E-state index contributed by atoms with van der Waals surface area (Å²) >= 11 is 3.61. The minimum absolute atomic E-state index is 1.06. The number of rotatable bonds is 5.